The van der Waals surface area contributed by atoms with Crippen molar-refractivity contribution in [3.63, 3.8) is 0 Å². The number of phenols is 1. The summed E-state index contributed by atoms with van der Waals surface area (Å²) in [6.07, 6.45) is 0.292. The Hall–Kier alpha value is -2.60. The minimum atomic E-state index is -0.0246. The summed E-state index contributed by atoms with van der Waals surface area (Å²) in [5, 5.41) is 9.73. The van der Waals surface area contributed by atoms with Crippen molar-refractivity contribution in [2.24, 2.45) is 0 Å². The first-order valence-corrected chi connectivity index (χ1v) is 8.60. The molecule has 3 rings (SSSR count). The number of carbonyl (C=O) groups is 1. The molecule has 0 aliphatic heterocycles. The molecule has 1 aromatic heterocycles. The summed E-state index contributed by atoms with van der Waals surface area (Å²) in [4.78, 5) is 14.8. The van der Waals surface area contributed by atoms with E-state index in [1.54, 1.807) is 23.1 Å². The monoisotopic (exact) mass is 356 g/mol. The van der Waals surface area contributed by atoms with Gasteiger partial charge in [-0.3, -0.25) is 9.36 Å². The van der Waals surface area contributed by atoms with Crippen LogP contribution in [0.5, 0.6) is 5.75 Å². The van der Waals surface area contributed by atoms with Crippen molar-refractivity contribution in [2.75, 3.05) is 11.4 Å². The fraction of sp³-hybridized carbons (Fsp3) is 0.263. The summed E-state index contributed by atoms with van der Waals surface area (Å²) in [6.45, 7) is 4.81. The SMILES string of the molecule is CCN(C(=O)CCn1c(=S)oc2ccccc21)c1cc(O)ccc1C. The molecule has 0 spiro atoms. The maximum Gasteiger partial charge on any atom is 0.269 e. The van der Waals surface area contributed by atoms with Crippen LogP contribution in [0.15, 0.2) is 46.9 Å². The standard InChI is InChI=1S/C19H20N2O3S/c1-3-20(16-12-14(22)9-8-13(16)2)18(23)10-11-21-15-6-4-5-7-17(15)24-19(21)25/h4-9,12,22H,3,10-11H2,1-2H3. The maximum atomic E-state index is 12.7. The van der Waals surface area contributed by atoms with Crippen molar-refractivity contribution in [3.8, 4) is 5.75 Å². The largest absolute Gasteiger partial charge is 0.508 e. The Bertz CT molecular complexity index is 974. The van der Waals surface area contributed by atoms with Gasteiger partial charge in [-0.05, 0) is 49.8 Å². The Labute approximate surface area is 151 Å². The van der Waals surface area contributed by atoms with Crippen molar-refractivity contribution < 1.29 is 14.3 Å². The minimum Gasteiger partial charge on any atom is -0.508 e. The highest BCUT2D eigenvalue weighted by molar-refractivity contribution is 7.71. The number of hydrogen-bond acceptors (Lipinski definition) is 4. The van der Waals surface area contributed by atoms with E-state index < -0.39 is 0 Å². The van der Waals surface area contributed by atoms with Crippen LogP contribution in [-0.4, -0.2) is 22.1 Å². The first-order chi connectivity index (χ1) is 12.0. The molecule has 0 saturated carbocycles. The maximum absolute atomic E-state index is 12.7. The molecule has 6 heteroatoms. The quantitative estimate of drug-likeness (QED) is 0.688. The Kier molecular flexibility index (Phi) is 4.90. The number of phenolic OH excluding ortho intramolecular Hbond substituents is 1. The third-order valence-corrected chi connectivity index (χ3v) is 4.53. The van der Waals surface area contributed by atoms with Crippen LogP contribution in [0.25, 0.3) is 11.1 Å². The molecule has 130 valence electrons. The van der Waals surface area contributed by atoms with Gasteiger partial charge in [0.2, 0.25) is 5.91 Å². The number of aryl methyl sites for hydroxylation is 2. The molecule has 1 amide bonds. The predicted octanol–water partition coefficient (Wildman–Crippen LogP) is 4.42. The molecule has 5 nitrogen and oxygen atoms in total. The van der Waals surface area contributed by atoms with Gasteiger partial charge in [0.1, 0.15) is 5.75 Å². The number of anilines is 1. The van der Waals surface area contributed by atoms with E-state index in [9.17, 15) is 9.90 Å². The number of para-hydroxylation sites is 2. The van der Waals surface area contributed by atoms with Gasteiger partial charge >= 0.3 is 0 Å². The van der Waals surface area contributed by atoms with E-state index in [-0.39, 0.29) is 11.7 Å². The number of oxazole rings is 1. The van der Waals surface area contributed by atoms with Gasteiger partial charge in [0.25, 0.3) is 4.84 Å². The third kappa shape index (κ3) is 3.44. The lowest BCUT2D eigenvalue weighted by molar-refractivity contribution is -0.118. The van der Waals surface area contributed by atoms with Gasteiger partial charge in [-0.2, -0.15) is 0 Å². The Morgan fingerprint density at radius 2 is 2.04 bits per heavy atom. The lowest BCUT2D eigenvalue weighted by atomic mass is 10.1. The fourth-order valence-corrected chi connectivity index (χ4v) is 3.22. The average molecular weight is 356 g/mol. The highest BCUT2D eigenvalue weighted by atomic mass is 32.1. The molecule has 0 saturated heterocycles. The number of amides is 1. The Morgan fingerprint density at radius 3 is 2.80 bits per heavy atom. The van der Waals surface area contributed by atoms with E-state index in [0.29, 0.717) is 24.3 Å². The second kappa shape index (κ2) is 7.11. The Morgan fingerprint density at radius 1 is 1.28 bits per heavy atom. The molecule has 0 aliphatic rings. The molecule has 0 bridgehead atoms. The topological polar surface area (TPSA) is 58.6 Å². The second-order valence-corrected chi connectivity index (χ2v) is 6.20. The van der Waals surface area contributed by atoms with Gasteiger partial charge in [0, 0.05) is 25.6 Å². The molecule has 3 aromatic rings. The van der Waals surface area contributed by atoms with Crippen molar-refractivity contribution in [3.05, 3.63) is 52.9 Å². The van der Waals surface area contributed by atoms with Gasteiger partial charge in [0.05, 0.1) is 11.2 Å². The van der Waals surface area contributed by atoms with Crippen molar-refractivity contribution in [1.29, 1.82) is 0 Å². The summed E-state index contributed by atoms with van der Waals surface area (Å²) in [7, 11) is 0. The first-order valence-electron chi connectivity index (χ1n) is 8.19. The van der Waals surface area contributed by atoms with E-state index in [2.05, 4.69) is 0 Å². The molecule has 0 radical (unpaired) electrons. The second-order valence-electron chi connectivity index (χ2n) is 5.85. The molecule has 25 heavy (non-hydrogen) atoms. The molecular weight excluding hydrogens is 336 g/mol. The van der Waals surface area contributed by atoms with Crippen molar-refractivity contribution >= 4 is 34.9 Å². The number of hydrogen-bond donors (Lipinski definition) is 1. The summed E-state index contributed by atoms with van der Waals surface area (Å²) >= 11 is 5.27. The van der Waals surface area contributed by atoms with Crippen LogP contribution in [-0.2, 0) is 11.3 Å². The van der Waals surface area contributed by atoms with Crippen LogP contribution in [0.2, 0.25) is 0 Å². The zero-order valence-corrected chi connectivity index (χ0v) is 15.0. The van der Waals surface area contributed by atoms with Gasteiger partial charge in [-0.15, -0.1) is 0 Å². The Balaban J connectivity index is 1.82. The zero-order chi connectivity index (χ0) is 18.0. The fourth-order valence-electron chi connectivity index (χ4n) is 2.94. The van der Waals surface area contributed by atoms with Crippen molar-refractivity contribution in [1.82, 2.24) is 4.57 Å². The zero-order valence-electron chi connectivity index (χ0n) is 14.2. The molecular formula is C19H20N2O3S. The van der Waals surface area contributed by atoms with E-state index in [1.165, 1.54) is 0 Å². The van der Waals surface area contributed by atoms with Gasteiger partial charge in [-0.1, -0.05) is 18.2 Å². The number of fused-ring (bicyclic) bond motifs is 1. The smallest absolute Gasteiger partial charge is 0.269 e. The van der Waals surface area contributed by atoms with Crippen LogP contribution < -0.4 is 4.90 Å². The number of nitrogens with zero attached hydrogens (tertiary/aromatic N) is 2. The molecule has 0 fully saturated rings. The van der Waals surface area contributed by atoms with Gasteiger partial charge in [0.15, 0.2) is 5.58 Å². The number of carbonyl (C=O) groups excluding carboxylic acids is 1. The van der Waals surface area contributed by atoms with Crippen LogP contribution in [0.4, 0.5) is 5.69 Å². The molecule has 2 aromatic carbocycles. The average Bonchev–Trinajstić information content (AvgIpc) is 2.92. The van der Waals surface area contributed by atoms with Gasteiger partial charge < -0.3 is 14.4 Å². The van der Waals surface area contributed by atoms with E-state index >= 15 is 0 Å². The van der Waals surface area contributed by atoms with Crippen LogP contribution in [0.1, 0.15) is 18.9 Å². The molecule has 0 atom stereocenters. The van der Waals surface area contributed by atoms with Crippen LogP contribution >= 0.6 is 12.2 Å². The number of rotatable bonds is 5. The van der Waals surface area contributed by atoms with Gasteiger partial charge in [-0.25, -0.2) is 0 Å². The highest BCUT2D eigenvalue weighted by Crippen LogP contribution is 2.26. The normalized spacial score (nSPS) is 11.0. The summed E-state index contributed by atoms with van der Waals surface area (Å²) < 4.78 is 7.40. The van der Waals surface area contributed by atoms with Crippen molar-refractivity contribution in [2.45, 2.75) is 26.8 Å². The number of benzene rings is 2. The summed E-state index contributed by atoms with van der Waals surface area (Å²) in [5.74, 6) is 0.123. The molecule has 1 N–H and O–H groups in total. The molecule has 1 heterocycles. The van der Waals surface area contributed by atoms with E-state index in [1.807, 2.05) is 42.7 Å². The van der Waals surface area contributed by atoms with Crippen LogP contribution in [0.3, 0.4) is 0 Å². The summed E-state index contributed by atoms with van der Waals surface area (Å²) in [5.41, 5.74) is 3.28. The van der Waals surface area contributed by atoms with E-state index in [4.69, 9.17) is 16.6 Å². The number of aromatic hydroxyl groups is 1. The highest BCUT2D eigenvalue weighted by Gasteiger charge is 2.17. The first kappa shape index (κ1) is 17.2. The third-order valence-electron chi connectivity index (χ3n) is 4.22. The minimum absolute atomic E-state index is 0.0246. The van der Waals surface area contributed by atoms with Crippen LogP contribution in [0, 0.1) is 11.8 Å². The lowest BCUT2D eigenvalue weighted by Crippen LogP contribution is -2.31. The molecule has 0 unspecified atom stereocenters. The lowest BCUT2D eigenvalue weighted by Gasteiger charge is -2.23. The predicted molar refractivity (Wildman–Crippen MR) is 101 cm³/mol. The summed E-state index contributed by atoms with van der Waals surface area (Å²) in [6, 6.07) is 12.6. The number of aromatic nitrogens is 1. The van der Waals surface area contributed by atoms with E-state index in [0.717, 1.165) is 22.4 Å². The molecule has 0 aliphatic carbocycles.